The van der Waals surface area contributed by atoms with Crippen molar-refractivity contribution in [3.05, 3.63) is 96.1 Å². The van der Waals surface area contributed by atoms with Gasteiger partial charge in [-0.15, -0.1) is 0 Å². The fourth-order valence-corrected chi connectivity index (χ4v) is 5.24. The molecule has 0 aliphatic rings. The van der Waals surface area contributed by atoms with Crippen LogP contribution in [0.4, 0.5) is 5.69 Å². The Balaban J connectivity index is 2.02. The Bertz CT molecular complexity index is 1230. The van der Waals surface area contributed by atoms with Gasteiger partial charge in [-0.25, -0.2) is 8.42 Å². The van der Waals surface area contributed by atoms with Crippen LogP contribution in [0.2, 0.25) is 0 Å². The molecule has 7 nitrogen and oxygen atoms in total. The summed E-state index contributed by atoms with van der Waals surface area (Å²) in [6, 6.07) is 23.6. The molecule has 184 valence electrons. The van der Waals surface area contributed by atoms with Gasteiger partial charge >= 0.3 is 0 Å². The highest BCUT2D eigenvalue weighted by Crippen LogP contribution is 2.25. The summed E-state index contributed by atoms with van der Waals surface area (Å²) in [6.07, 6.45) is 0.383. The van der Waals surface area contributed by atoms with Crippen LogP contribution < -0.4 is 9.62 Å². The molecule has 2 amide bonds. The van der Waals surface area contributed by atoms with Crippen LogP contribution in [0.5, 0.6) is 0 Å². The molecule has 0 heterocycles. The maximum atomic E-state index is 13.7. The van der Waals surface area contributed by atoms with E-state index in [1.165, 1.54) is 24.1 Å². The minimum Gasteiger partial charge on any atom is -0.357 e. The fraction of sp³-hybridized carbons (Fsp3) is 0.259. The summed E-state index contributed by atoms with van der Waals surface area (Å²) in [6.45, 7) is 3.43. The van der Waals surface area contributed by atoms with Crippen LogP contribution in [0, 0.1) is 6.92 Å². The van der Waals surface area contributed by atoms with Gasteiger partial charge in [-0.3, -0.25) is 13.9 Å². The summed E-state index contributed by atoms with van der Waals surface area (Å²) in [4.78, 5) is 27.9. The first-order valence-electron chi connectivity index (χ1n) is 11.5. The van der Waals surface area contributed by atoms with Gasteiger partial charge in [-0.05, 0) is 43.2 Å². The Morgan fingerprint density at radius 2 is 1.46 bits per heavy atom. The number of likely N-dealkylation sites (N-methyl/N-ethyl adjacent to an activating group) is 1. The van der Waals surface area contributed by atoms with E-state index in [0.717, 1.165) is 15.4 Å². The van der Waals surface area contributed by atoms with E-state index in [4.69, 9.17) is 0 Å². The van der Waals surface area contributed by atoms with E-state index in [2.05, 4.69) is 5.32 Å². The van der Waals surface area contributed by atoms with Crippen molar-refractivity contribution in [2.45, 2.75) is 37.8 Å². The Morgan fingerprint density at radius 1 is 0.886 bits per heavy atom. The van der Waals surface area contributed by atoms with Crippen molar-refractivity contribution >= 4 is 27.5 Å². The van der Waals surface area contributed by atoms with Crippen molar-refractivity contribution in [2.75, 3.05) is 17.9 Å². The van der Waals surface area contributed by atoms with Gasteiger partial charge in [0.15, 0.2) is 0 Å². The van der Waals surface area contributed by atoms with Crippen LogP contribution >= 0.6 is 0 Å². The predicted octanol–water partition coefficient (Wildman–Crippen LogP) is 3.74. The van der Waals surface area contributed by atoms with Gasteiger partial charge in [0.25, 0.3) is 10.0 Å². The molecule has 0 aliphatic carbocycles. The number of carbonyl (C=O) groups is 2. The number of nitrogens with one attached hydrogen (secondary N) is 1. The zero-order valence-electron chi connectivity index (χ0n) is 20.2. The minimum absolute atomic E-state index is 0.0905. The lowest BCUT2D eigenvalue weighted by Gasteiger charge is -2.33. The molecule has 0 aliphatic heterocycles. The van der Waals surface area contributed by atoms with E-state index in [0.29, 0.717) is 12.1 Å². The number of nitrogens with zero attached hydrogens (tertiary/aromatic N) is 2. The third-order valence-corrected chi connectivity index (χ3v) is 7.55. The van der Waals surface area contributed by atoms with Crippen molar-refractivity contribution in [2.24, 2.45) is 0 Å². The van der Waals surface area contributed by atoms with Gasteiger partial charge in [0.05, 0.1) is 10.6 Å². The number of anilines is 1. The lowest BCUT2D eigenvalue weighted by atomic mass is 10.1. The Morgan fingerprint density at radius 3 is 2.00 bits per heavy atom. The normalized spacial score (nSPS) is 12.0. The van der Waals surface area contributed by atoms with Crippen LogP contribution in [0.15, 0.2) is 89.8 Å². The molecule has 0 fully saturated rings. The first-order valence-corrected chi connectivity index (χ1v) is 12.9. The SMILES string of the molecule is CCC(C(=O)NC)N(Cc1ccccc1)C(=O)CN(c1ccccc1)S(=O)(=O)c1ccc(C)cc1. The molecular weight excluding hydrogens is 462 g/mol. The molecule has 0 spiro atoms. The number of amides is 2. The second kappa shape index (κ2) is 11.7. The quantitative estimate of drug-likeness (QED) is 0.466. The molecule has 3 aromatic rings. The lowest BCUT2D eigenvalue weighted by molar-refractivity contribution is -0.140. The van der Waals surface area contributed by atoms with Gasteiger partial charge in [-0.2, -0.15) is 0 Å². The summed E-state index contributed by atoms with van der Waals surface area (Å²) in [5.41, 5.74) is 2.14. The van der Waals surface area contributed by atoms with Crippen LogP contribution in [-0.2, 0) is 26.2 Å². The lowest BCUT2D eigenvalue weighted by Crippen LogP contribution is -2.51. The first kappa shape index (κ1) is 26.0. The molecule has 8 heteroatoms. The molecule has 1 atom stereocenters. The molecule has 0 radical (unpaired) electrons. The standard InChI is InChI=1S/C27H31N3O4S/c1-4-25(27(32)28-3)29(19-22-11-7-5-8-12-22)26(31)20-30(23-13-9-6-10-14-23)35(33,34)24-17-15-21(2)16-18-24/h5-18,25H,4,19-20H2,1-3H3,(H,28,32). The predicted molar refractivity (Wildman–Crippen MR) is 137 cm³/mol. The molecule has 0 aromatic heterocycles. The van der Waals surface area contributed by atoms with E-state index in [-0.39, 0.29) is 17.3 Å². The molecule has 0 saturated carbocycles. The average Bonchev–Trinajstić information content (AvgIpc) is 2.88. The summed E-state index contributed by atoms with van der Waals surface area (Å²) in [5, 5.41) is 2.62. The van der Waals surface area contributed by atoms with Gasteiger partial charge < -0.3 is 10.2 Å². The van der Waals surface area contributed by atoms with Crippen LogP contribution in [0.1, 0.15) is 24.5 Å². The summed E-state index contributed by atoms with van der Waals surface area (Å²) >= 11 is 0. The van der Waals surface area contributed by atoms with E-state index in [1.54, 1.807) is 42.5 Å². The van der Waals surface area contributed by atoms with E-state index >= 15 is 0 Å². The summed E-state index contributed by atoms with van der Waals surface area (Å²) in [5.74, 6) is -0.770. The summed E-state index contributed by atoms with van der Waals surface area (Å²) < 4.78 is 28.4. The third-order valence-electron chi connectivity index (χ3n) is 5.76. The maximum Gasteiger partial charge on any atom is 0.264 e. The minimum atomic E-state index is -4.05. The molecule has 0 saturated heterocycles. The molecular formula is C27H31N3O4S. The highest BCUT2D eigenvalue weighted by atomic mass is 32.2. The van der Waals surface area contributed by atoms with Gasteiger partial charge in [0, 0.05) is 13.6 Å². The first-order chi connectivity index (χ1) is 16.8. The van der Waals surface area contributed by atoms with Crippen LogP contribution in [-0.4, -0.2) is 44.8 Å². The topological polar surface area (TPSA) is 86.8 Å². The Hall–Kier alpha value is -3.65. The molecule has 3 rings (SSSR count). The second-order valence-corrected chi connectivity index (χ2v) is 10.1. The van der Waals surface area contributed by atoms with Crippen molar-refractivity contribution in [1.29, 1.82) is 0 Å². The number of carbonyl (C=O) groups excluding carboxylic acids is 2. The monoisotopic (exact) mass is 493 g/mol. The summed E-state index contributed by atoms with van der Waals surface area (Å²) in [7, 11) is -2.52. The molecule has 1 N–H and O–H groups in total. The van der Waals surface area contributed by atoms with Crippen LogP contribution in [0.25, 0.3) is 0 Å². The maximum absolute atomic E-state index is 13.7. The molecule has 35 heavy (non-hydrogen) atoms. The zero-order chi connectivity index (χ0) is 25.4. The number of rotatable bonds is 10. The number of aryl methyl sites for hydroxylation is 1. The largest absolute Gasteiger partial charge is 0.357 e. The van der Waals surface area contributed by atoms with Crippen molar-refractivity contribution in [1.82, 2.24) is 10.2 Å². The van der Waals surface area contributed by atoms with E-state index in [9.17, 15) is 18.0 Å². The van der Waals surface area contributed by atoms with E-state index < -0.39 is 28.5 Å². The Kier molecular flexibility index (Phi) is 8.65. The Labute approximate surface area is 207 Å². The van der Waals surface area contributed by atoms with E-state index in [1.807, 2.05) is 44.2 Å². The number of para-hydroxylation sites is 1. The third kappa shape index (κ3) is 6.27. The number of sulfonamides is 1. The van der Waals surface area contributed by atoms with Crippen molar-refractivity contribution in [3.63, 3.8) is 0 Å². The van der Waals surface area contributed by atoms with Gasteiger partial charge in [0.2, 0.25) is 11.8 Å². The zero-order valence-corrected chi connectivity index (χ0v) is 21.0. The van der Waals surface area contributed by atoms with Crippen molar-refractivity contribution in [3.8, 4) is 0 Å². The highest BCUT2D eigenvalue weighted by Gasteiger charge is 2.33. The molecule has 0 bridgehead atoms. The highest BCUT2D eigenvalue weighted by molar-refractivity contribution is 7.92. The number of hydrogen-bond donors (Lipinski definition) is 1. The van der Waals surface area contributed by atoms with Crippen LogP contribution in [0.3, 0.4) is 0 Å². The fourth-order valence-electron chi connectivity index (χ4n) is 3.83. The number of benzene rings is 3. The number of hydrogen-bond acceptors (Lipinski definition) is 4. The second-order valence-electron chi connectivity index (χ2n) is 8.21. The molecule has 3 aromatic carbocycles. The van der Waals surface area contributed by atoms with Gasteiger partial charge in [0.1, 0.15) is 12.6 Å². The average molecular weight is 494 g/mol. The van der Waals surface area contributed by atoms with Gasteiger partial charge in [-0.1, -0.05) is 73.2 Å². The van der Waals surface area contributed by atoms with Crippen molar-refractivity contribution < 1.29 is 18.0 Å². The molecule has 1 unspecified atom stereocenters. The smallest absolute Gasteiger partial charge is 0.264 e.